The lowest BCUT2D eigenvalue weighted by Crippen LogP contribution is -2.33. The Kier molecular flexibility index (Phi) is 4.33. The predicted molar refractivity (Wildman–Crippen MR) is 61.2 cm³/mol. The molecule has 20 heavy (non-hydrogen) atoms. The van der Waals surface area contributed by atoms with E-state index in [1.54, 1.807) is 6.92 Å². The first kappa shape index (κ1) is 14.9. The number of aromatic nitrogens is 2. The lowest BCUT2D eigenvalue weighted by Gasteiger charge is -2.16. The number of aliphatic hydroxyl groups is 3. The second-order valence-electron chi connectivity index (χ2n) is 4.24. The zero-order chi connectivity index (χ0) is 14.9. The number of nitrogens with zero attached hydrogens (tertiary/aromatic N) is 2. The van der Waals surface area contributed by atoms with E-state index < -0.39 is 48.8 Å². The fourth-order valence-electron chi connectivity index (χ4n) is 1.97. The van der Waals surface area contributed by atoms with E-state index in [-0.39, 0.29) is 6.61 Å². The quantitative estimate of drug-likeness (QED) is 0.597. The maximum Gasteiger partial charge on any atom is 0.361 e. The molecule has 0 amide bonds. The Hall–Kier alpha value is -1.55. The van der Waals surface area contributed by atoms with Crippen molar-refractivity contribution in [3.05, 3.63) is 18.0 Å². The summed E-state index contributed by atoms with van der Waals surface area (Å²) in [5.74, 6) is -1.98. The van der Waals surface area contributed by atoms with Crippen LogP contribution in [0.25, 0.3) is 0 Å². The second kappa shape index (κ2) is 5.83. The van der Waals surface area contributed by atoms with E-state index in [0.29, 0.717) is 0 Å². The number of halogens is 1. The fraction of sp³-hybridized carbons (Fsp3) is 0.636. The Bertz CT molecular complexity index is 493. The van der Waals surface area contributed by atoms with Crippen LogP contribution in [0.4, 0.5) is 4.39 Å². The van der Waals surface area contributed by atoms with Gasteiger partial charge in [-0.15, -0.1) is 0 Å². The lowest BCUT2D eigenvalue weighted by atomic mass is 10.1. The lowest BCUT2D eigenvalue weighted by molar-refractivity contribution is -0.0573. The minimum absolute atomic E-state index is 0.0684. The molecular formula is C11H15FN2O6. The number of carbonyl (C=O) groups excluding carboxylic acids is 1. The molecule has 1 aromatic heterocycles. The molecule has 0 saturated carbocycles. The third-order valence-electron chi connectivity index (χ3n) is 2.99. The monoisotopic (exact) mass is 290 g/mol. The number of hydrogen-bond acceptors (Lipinski definition) is 7. The van der Waals surface area contributed by atoms with E-state index in [9.17, 15) is 19.4 Å². The molecule has 0 bridgehead atoms. The summed E-state index contributed by atoms with van der Waals surface area (Å²) >= 11 is 0. The van der Waals surface area contributed by atoms with Crippen molar-refractivity contribution in [3.63, 3.8) is 0 Å². The third-order valence-corrected chi connectivity index (χ3v) is 2.99. The molecule has 1 saturated heterocycles. The normalized spacial score (nSPS) is 29.6. The van der Waals surface area contributed by atoms with Gasteiger partial charge in [0.15, 0.2) is 6.23 Å². The average molecular weight is 290 g/mol. The van der Waals surface area contributed by atoms with Crippen molar-refractivity contribution in [1.29, 1.82) is 0 Å². The molecule has 2 rings (SSSR count). The predicted octanol–water partition coefficient (Wildman–Crippen LogP) is -1.19. The average Bonchev–Trinajstić information content (AvgIpc) is 2.93. The van der Waals surface area contributed by atoms with E-state index in [4.69, 9.17) is 9.84 Å². The van der Waals surface area contributed by atoms with Gasteiger partial charge in [0.1, 0.15) is 24.6 Å². The van der Waals surface area contributed by atoms with Crippen LogP contribution in [0.5, 0.6) is 0 Å². The van der Waals surface area contributed by atoms with Gasteiger partial charge in [-0.25, -0.2) is 9.78 Å². The number of hydrogen-bond donors (Lipinski definition) is 3. The van der Waals surface area contributed by atoms with Crippen molar-refractivity contribution in [2.75, 3.05) is 13.2 Å². The van der Waals surface area contributed by atoms with Gasteiger partial charge in [0.2, 0.25) is 11.6 Å². The maximum atomic E-state index is 14.1. The van der Waals surface area contributed by atoms with Gasteiger partial charge in [-0.05, 0) is 6.92 Å². The molecule has 9 heteroatoms. The first-order chi connectivity index (χ1) is 9.51. The highest BCUT2D eigenvalue weighted by Gasteiger charge is 2.44. The summed E-state index contributed by atoms with van der Waals surface area (Å²) in [5, 5.41) is 28.3. The zero-order valence-electron chi connectivity index (χ0n) is 10.6. The highest BCUT2D eigenvalue weighted by molar-refractivity contribution is 5.87. The van der Waals surface area contributed by atoms with Crippen molar-refractivity contribution >= 4 is 5.97 Å². The molecule has 4 unspecified atom stereocenters. The Morgan fingerprint density at radius 3 is 2.80 bits per heavy atom. The van der Waals surface area contributed by atoms with Gasteiger partial charge in [0.05, 0.1) is 13.2 Å². The molecule has 1 aromatic rings. The Morgan fingerprint density at radius 2 is 2.25 bits per heavy atom. The van der Waals surface area contributed by atoms with Crippen molar-refractivity contribution in [1.82, 2.24) is 9.55 Å². The number of esters is 1. The Balaban J connectivity index is 2.24. The molecule has 1 aliphatic heterocycles. The van der Waals surface area contributed by atoms with Gasteiger partial charge < -0.3 is 24.8 Å². The van der Waals surface area contributed by atoms with Crippen LogP contribution in [0.15, 0.2) is 6.33 Å². The molecule has 112 valence electrons. The van der Waals surface area contributed by atoms with Gasteiger partial charge in [0, 0.05) is 0 Å². The molecule has 0 aliphatic carbocycles. The number of imidazole rings is 1. The summed E-state index contributed by atoms with van der Waals surface area (Å²) in [6.45, 7) is 1.10. The van der Waals surface area contributed by atoms with Gasteiger partial charge in [0.25, 0.3) is 0 Å². The van der Waals surface area contributed by atoms with Crippen molar-refractivity contribution < 1.29 is 34.0 Å². The highest BCUT2D eigenvalue weighted by atomic mass is 19.1. The molecule has 0 spiro atoms. The minimum atomic E-state index is -1.45. The van der Waals surface area contributed by atoms with Crippen LogP contribution in [0.2, 0.25) is 0 Å². The van der Waals surface area contributed by atoms with E-state index in [1.165, 1.54) is 0 Å². The standard InChI is InChI=1S/C11H15FN2O6/c1-2-19-11(18)6-9(12)14(4-13-6)10-8(17)7(16)5(3-15)20-10/h4-5,7-8,10,15-17H,2-3H2,1H3. The van der Waals surface area contributed by atoms with Crippen LogP contribution in [-0.4, -0.2) is 62.4 Å². The smallest absolute Gasteiger partial charge is 0.361 e. The first-order valence-corrected chi connectivity index (χ1v) is 6.03. The first-order valence-electron chi connectivity index (χ1n) is 6.03. The molecule has 4 atom stereocenters. The van der Waals surface area contributed by atoms with E-state index >= 15 is 0 Å². The Morgan fingerprint density at radius 1 is 1.55 bits per heavy atom. The maximum absolute atomic E-state index is 14.1. The molecule has 3 N–H and O–H groups in total. The molecule has 2 heterocycles. The molecular weight excluding hydrogens is 275 g/mol. The molecule has 1 fully saturated rings. The van der Waals surface area contributed by atoms with Gasteiger partial charge in [-0.3, -0.25) is 4.57 Å². The van der Waals surface area contributed by atoms with E-state index in [0.717, 1.165) is 10.9 Å². The molecule has 1 aliphatic rings. The number of aliphatic hydroxyl groups excluding tert-OH is 3. The fourth-order valence-corrected chi connectivity index (χ4v) is 1.97. The number of carbonyl (C=O) groups is 1. The minimum Gasteiger partial charge on any atom is -0.461 e. The van der Waals surface area contributed by atoms with Crippen LogP contribution in [0.1, 0.15) is 23.6 Å². The summed E-state index contributed by atoms with van der Waals surface area (Å²) in [7, 11) is 0. The molecule has 8 nitrogen and oxygen atoms in total. The van der Waals surface area contributed by atoms with Gasteiger partial charge in [-0.1, -0.05) is 0 Å². The largest absolute Gasteiger partial charge is 0.461 e. The summed E-state index contributed by atoms with van der Waals surface area (Å²) < 4.78 is 24.6. The van der Waals surface area contributed by atoms with Crippen LogP contribution in [-0.2, 0) is 9.47 Å². The second-order valence-corrected chi connectivity index (χ2v) is 4.24. The number of ether oxygens (including phenoxy) is 2. The van der Waals surface area contributed by atoms with E-state index in [1.807, 2.05) is 0 Å². The topological polar surface area (TPSA) is 114 Å². The van der Waals surface area contributed by atoms with Crippen LogP contribution >= 0.6 is 0 Å². The molecule has 0 radical (unpaired) electrons. The highest BCUT2D eigenvalue weighted by Crippen LogP contribution is 2.30. The van der Waals surface area contributed by atoms with Crippen molar-refractivity contribution in [3.8, 4) is 0 Å². The molecule has 0 aromatic carbocycles. The summed E-state index contributed by atoms with van der Waals surface area (Å²) in [4.78, 5) is 15.0. The summed E-state index contributed by atoms with van der Waals surface area (Å²) in [6, 6.07) is 0. The Labute approximate surface area is 113 Å². The van der Waals surface area contributed by atoms with Gasteiger partial charge >= 0.3 is 5.97 Å². The van der Waals surface area contributed by atoms with Crippen molar-refractivity contribution in [2.24, 2.45) is 0 Å². The van der Waals surface area contributed by atoms with Crippen LogP contribution in [0, 0.1) is 5.95 Å². The van der Waals surface area contributed by atoms with E-state index in [2.05, 4.69) is 9.72 Å². The van der Waals surface area contributed by atoms with Crippen LogP contribution < -0.4 is 0 Å². The van der Waals surface area contributed by atoms with Crippen LogP contribution in [0.3, 0.4) is 0 Å². The number of rotatable bonds is 4. The van der Waals surface area contributed by atoms with Crippen molar-refractivity contribution in [2.45, 2.75) is 31.5 Å². The third kappa shape index (κ3) is 2.40. The van der Waals surface area contributed by atoms with Gasteiger partial charge in [-0.2, -0.15) is 4.39 Å². The summed E-state index contributed by atoms with van der Waals surface area (Å²) in [6.07, 6.45) is -4.17. The zero-order valence-corrected chi connectivity index (χ0v) is 10.6. The SMILES string of the molecule is CCOC(=O)c1ncn(C2OC(CO)C(O)C2O)c1F. The summed E-state index contributed by atoms with van der Waals surface area (Å²) in [5.41, 5.74) is -0.537.